The van der Waals surface area contributed by atoms with Crippen molar-refractivity contribution in [1.29, 1.82) is 0 Å². The Kier molecular flexibility index (Phi) is 6.53. The Morgan fingerprint density at radius 1 is 0.762 bits per heavy atom. The van der Waals surface area contributed by atoms with Crippen molar-refractivity contribution in [3.8, 4) is 11.4 Å². The number of benzene rings is 2. The fourth-order valence-electron chi connectivity index (χ4n) is 6.70. The summed E-state index contributed by atoms with van der Waals surface area (Å²) in [5.74, 6) is 2.04. The van der Waals surface area contributed by atoms with Crippen molar-refractivity contribution in [3.05, 3.63) is 48.5 Å². The number of nitrogens with one attached hydrogen (secondary N) is 3. The van der Waals surface area contributed by atoms with Crippen molar-refractivity contribution in [2.24, 2.45) is 0 Å². The summed E-state index contributed by atoms with van der Waals surface area (Å²) in [5.41, 5.74) is 3.47. The van der Waals surface area contributed by atoms with Crippen LogP contribution in [0.15, 0.2) is 48.5 Å². The van der Waals surface area contributed by atoms with Crippen LogP contribution < -0.4 is 30.7 Å². The molecule has 4 atom stereocenters. The quantitative estimate of drug-likeness (QED) is 0.409. The van der Waals surface area contributed by atoms with E-state index < -0.39 is 0 Å². The van der Waals surface area contributed by atoms with E-state index in [1.54, 1.807) is 0 Å². The van der Waals surface area contributed by atoms with Crippen LogP contribution in [0.3, 0.4) is 0 Å². The molecule has 2 amide bonds. The minimum absolute atomic E-state index is 0.247. The summed E-state index contributed by atoms with van der Waals surface area (Å²) in [4.78, 5) is 34.4. The Balaban J connectivity index is 0.971. The summed E-state index contributed by atoms with van der Waals surface area (Å²) < 4.78 is 11.6. The van der Waals surface area contributed by atoms with E-state index in [0.717, 1.165) is 63.4 Å². The van der Waals surface area contributed by atoms with Gasteiger partial charge in [-0.3, -0.25) is 0 Å². The van der Waals surface area contributed by atoms with Gasteiger partial charge >= 0.3 is 6.03 Å². The first-order chi connectivity index (χ1) is 20.6. The van der Waals surface area contributed by atoms with Gasteiger partial charge in [-0.15, -0.1) is 0 Å². The summed E-state index contributed by atoms with van der Waals surface area (Å²) in [6.45, 7) is 6.98. The second-order valence-corrected chi connectivity index (χ2v) is 11.7. The van der Waals surface area contributed by atoms with Crippen LogP contribution >= 0.6 is 0 Å². The third-order valence-corrected chi connectivity index (χ3v) is 8.93. The Morgan fingerprint density at radius 3 is 1.81 bits per heavy atom. The third kappa shape index (κ3) is 4.99. The molecule has 5 saturated heterocycles. The van der Waals surface area contributed by atoms with Crippen molar-refractivity contribution in [3.63, 3.8) is 0 Å². The first kappa shape index (κ1) is 25.7. The zero-order chi connectivity index (χ0) is 28.0. The summed E-state index contributed by atoms with van der Waals surface area (Å²) >= 11 is 0. The standard InChI is InChI=1S/C30H35N9O3/c40-30(33-21-5-7-22(8-6-21)37-11-9-31-10-12-37)32-20-3-1-19(2-4-20)27-34-28(38-15-25-13-23(38)17-41-25)36-29(35-27)39-16-26-14-24(39)18-42-26/h1-8,23-26,31H,9-18H2,(H2,32,33,40)/t23-,24-,25-,26-/m0/s1. The largest absolute Gasteiger partial charge is 0.374 e. The number of fused-ring (bicyclic) bond motifs is 4. The molecule has 5 aliphatic rings. The van der Waals surface area contributed by atoms with Gasteiger partial charge in [0.2, 0.25) is 11.9 Å². The monoisotopic (exact) mass is 569 g/mol. The molecular weight excluding hydrogens is 534 g/mol. The number of urea groups is 1. The molecule has 3 N–H and O–H groups in total. The number of rotatable bonds is 6. The smallest absolute Gasteiger partial charge is 0.323 e. The van der Waals surface area contributed by atoms with E-state index >= 15 is 0 Å². The van der Waals surface area contributed by atoms with Crippen LogP contribution in [0.4, 0.5) is 33.8 Å². The van der Waals surface area contributed by atoms with E-state index in [2.05, 4.69) is 30.7 Å². The van der Waals surface area contributed by atoms with Crippen LogP contribution in [0.5, 0.6) is 0 Å². The number of ether oxygens (including phenoxy) is 2. The Morgan fingerprint density at radius 2 is 1.31 bits per heavy atom. The van der Waals surface area contributed by atoms with E-state index in [9.17, 15) is 4.79 Å². The zero-order valence-corrected chi connectivity index (χ0v) is 23.4. The number of anilines is 5. The lowest BCUT2D eigenvalue weighted by atomic mass is 10.2. The molecule has 5 fully saturated rings. The van der Waals surface area contributed by atoms with Crippen LogP contribution in [-0.2, 0) is 9.47 Å². The highest BCUT2D eigenvalue weighted by molar-refractivity contribution is 5.99. The van der Waals surface area contributed by atoms with Crippen LogP contribution in [-0.4, -0.2) is 97.8 Å². The predicted molar refractivity (Wildman–Crippen MR) is 160 cm³/mol. The normalized spacial score (nSPS) is 26.2. The Labute approximate surface area is 244 Å². The van der Waals surface area contributed by atoms with Gasteiger partial charge in [0.05, 0.1) is 37.5 Å². The van der Waals surface area contributed by atoms with Gasteiger partial charge < -0.3 is 40.1 Å². The van der Waals surface area contributed by atoms with Gasteiger partial charge in [-0.1, -0.05) is 0 Å². The van der Waals surface area contributed by atoms with E-state index in [0.29, 0.717) is 48.7 Å². The van der Waals surface area contributed by atoms with Crippen molar-refractivity contribution in [2.75, 3.05) is 77.8 Å². The summed E-state index contributed by atoms with van der Waals surface area (Å²) in [6.07, 6.45) is 2.52. The maximum Gasteiger partial charge on any atom is 0.323 e. The predicted octanol–water partition coefficient (Wildman–Crippen LogP) is 2.55. The molecule has 6 heterocycles. The maximum atomic E-state index is 12.7. The van der Waals surface area contributed by atoms with E-state index in [1.165, 1.54) is 5.69 Å². The van der Waals surface area contributed by atoms with Gasteiger partial charge in [-0.05, 0) is 61.4 Å². The lowest BCUT2D eigenvalue weighted by molar-refractivity contribution is 0.0980. The molecule has 4 bridgehead atoms. The molecule has 3 aromatic rings. The van der Waals surface area contributed by atoms with Crippen LogP contribution in [0, 0.1) is 0 Å². The number of carbonyl (C=O) groups excluding carboxylic acids is 1. The van der Waals surface area contributed by atoms with Crippen molar-refractivity contribution in [1.82, 2.24) is 20.3 Å². The van der Waals surface area contributed by atoms with Crippen molar-refractivity contribution >= 4 is 35.0 Å². The fraction of sp³-hybridized carbons (Fsp3) is 0.467. The molecule has 0 saturated carbocycles. The number of nitrogens with zero attached hydrogens (tertiary/aromatic N) is 6. The van der Waals surface area contributed by atoms with Gasteiger partial charge in [0.15, 0.2) is 5.82 Å². The zero-order valence-electron chi connectivity index (χ0n) is 23.4. The van der Waals surface area contributed by atoms with Gasteiger partial charge in [-0.25, -0.2) is 4.79 Å². The summed E-state index contributed by atoms with van der Waals surface area (Å²) in [7, 11) is 0. The summed E-state index contributed by atoms with van der Waals surface area (Å²) in [6, 6.07) is 15.9. The van der Waals surface area contributed by atoms with E-state index in [4.69, 9.17) is 24.4 Å². The van der Waals surface area contributed by atoms with Gasteiger partial charge in [0.1, 0.15) is 0 Å². The average molecular weight is 570 g/mol. The number of morpholine rings is 2. The van der Waals surface area contributed by atoms with Crippen molar-refractivity contribution in [2.45, 2.75) is 37.1 Å². The molecule has 42 heavy (non-hydrogen) atoms. The minimum Gasteiger partial charge on any atom is -0.374 e. The number of aromatic nitrogens is 3. The van der Waals surface area contributed by atoms with E-state index in [1.807, 2.05) is 48.5 Å². The minimum atomic E-state index is -0.292. The Bertz CT molecular complexity index is 1400. The van der Waals surface area contributed by atoms with Crippen LogP contribution in [0.1, 0.15) is 12.8 Å². The molecule has 0 spiro atoms. The number of amides is 2. The molecule has 8 rings (SSSR count). The number of piperazine rings is 1. The van der Waals surface area contributed by atoms with Gasteiger partial charge in [-0.2, -0.15) is 15.0 Å². The highest BCUT2D eigenvalue weighted by Gasteiger charge is 2.43. The molecule has 1 aromatic heterocycles. The third-order valence-electron chi connectivity index (χ3n) is 8.93. The fourth-order valence-corrected chi connectivity index (χ4v) is 6.70. The summed E-state index contributed by atoms with van der Waals surface area (Å²) in [5, 5.41) is 9.22. The molecule has 218 valence electrons. The highest BCUT2D eigenvalue weighted by atomic mass is 16.5. The molecule has 5 aliphatic heterocycles. The molecule has 2 aromatic carbocycles. The number of carbonyl (C=O) groups is 1. The second kappa shape index (κ2) is 10.7. The molecule has 0 radical (unpaired) electrons. The number of hydrogen-bond acceptors (Lipinski definition) is 10. The van der Waals surface area contributed by atoms with Crippen LogP contribution in [0.25, 0.3) is 11.4 Å². The van der Waals surface area contributed by atoms with Gasteiger partial charge in [0.25, 0.3) is 0 Å². The molecule has 12 nitrogen and oxygen atoms in total. The molecule has 0 unspecified atom stereocenters. The van der Waals surface area contributed by atoms with Gasteiger partial charge in [0, 0.05) is 61.9 Å². The SMILES string of the molecule is O=C(Nc1ccc(-c2nc(N3C[C@@H]4C[C@H]3CO4)nc(N3C[C@@H]4C[C@H]3CO4)n2)cc1)Nc1ccc(N2CCNCC2)cc1. The lowest BCUT2D eigenvalue weighted by Gasteiger charge is -2.30. The lowest BCUT2D eigenvalue weighted by Crippen LogP contribution is -2.43. The average Bonchev–Trinajstić information content (AvgIpc) is 3.85. The first-order valence-corrected chi connectivity index (χ1v) is 14.9. The van der Waals surface area contributed by atoms with Crippen molar-refractivity contribution < 1.29 is 14.3 Å². The topological polar surface area (TPSA) is 120 Å². The first-order valence-electron chi connectivity index (χ1n) is 14.9. The van der Waals surface area contributed by atoms with E-state index in [-0.39, 0.29) is 18.2 Å². The second-order valence-electron chi connectivity index (χ2n) is 11.7. The molecule has 0 aliphatic carbocycles. The number of hydrogen-bond donors (Lipinski definition) is 3. The highest BCUT2D eigenvalue weighted by Crippen LogP contribution is 2.35. The molecule has 12 heteroatoms. The van der Waals surface area contributed by atoms with Crippen LogP contribution in [0.2, 0.25) is 0 Å². The molecular formula is C30H35N9O3. The Hall–Kier alpha value is -4.00. The maximum absolute atomic E-state index is 12.7.